The number of halogens is 1. The molecule has 1 N–H and O–H groups in total. The number of amides is 1. The maximum absolute atomic E-state index is 12.5. The van der Waals surface area contributed by atoms with Crippen molar-refractivity contribution >= 4 is 57.2 Å². The average molecular weight is 482 g/mol. The topological polar surface area (TPSA) is 71.8 Å². The number of morpholine rings is 1. The number of thioether (sulfide) groups is 1. The average Bonchev–Trinajstić information content (AvgIpc) is 3.38. The van der Waals surface area contributed by atoms with Gasteiger partial charge in [-0.15, -0.1) is 0 Å². The van der Waals surface area contributed by atoms with Gasteiger partial charge in [-0.1, -0.05) is 29.8 Å². The molecule has 2 fully saturated rings. The van der Waals surface area contributed by atoms with Crippen LogP contribution in [-0.4, -0.2) is 58.4 Å². The van der Waals surface area contributed by atoms with E-state index in [0.717, 1.165) is 62.4 Å². The van der Waals surface area contributed by atoms with Crippen LogP contribution >= 0.6 is 23.4 Å². The molecule has 1 amide bonds. The fourth-order valence-electron chi connectivity index (χ4n) is 3.91. The van der Waals surface area contributed by atoms with Crippen LogP contribution in [0.5, 0.6) is 0 Å². The first-order chi connectivity index (χ1) is 16.2. The van der Waals surface area contributed by atoms with Crippen molar-refractivity contribution in [1.29, 1.82) is 0 Å². The van der Waals surface area contributed by atoms with Crippen LogP contribution in [0.3, 0.4) is 0 Å². The number of carbonyl (C=O) groups excluding carboxylic acids is 1. The van der Waals surface area contributed by atoms with Crippen LogP contribution in [0.15, 0.2) is 58.7 Å². The quantitative estimate of drug-likeness (QED) is 0.531. The molecule has 0 aliphatic carbocycles. The summed E-state index contributed by atoms with van der Waals surface area (Å²) in [5.41, 5.74) is 3.60. The minimum atomic E-state index is -0.162. The van der Waals surface area contributed by atoms with E-state index in [1.807, 2.05) is 42.7 Å². The van der Waals surface area contributed by atoms with Crippen LogP contribution in [0.1, 0.15) is 12.0 Å². The van der Waals surface area contributed by atoms with E-state index in [9.17, 15) is 4.79 Å². The molecule has 33 heavy (non-hydrogen) atoms. The van der Waals surface area contributed by atoms with Gasteiger partial charge >= 0.3 is 0 Å². The Kier molecular flexibility index (Phi) is 6.78. The number of hydrogen-bond acceptors (Lipinski definition) is 6. The van der Waals surface area contributed by atoms with Crippen molar-refractivity contribution in [2.75, 3.05) is 32.8 Å². The summed E-state index contributed by atoms with van der Waals surface area (Å²) in [7, 11) is 0. The van der Waals surface area contributed by atoms with E-state index in [4.69, 9.17) is 16.3 Å². The van der Waals surface area contributed by atoms with Crippen LogP contribution in [-0.2, 0) is 16.1 Å². The molecule has 0 saturated carbocycles. The number of ether oxygens (including phenoxy) is 1. The van der Waals surface area contributed by atoms with Gasteiger partial charge in [-0.05, 0) is 54.1 Å². The molecule has 0 radical (unpaired) electrons. The van der Waals surface area contributed by atoms with E-state index in [-0.39, 0.29) is 5.91 Å². The molecule has 0 spiro atoms. The number of para-hydroxylation sites is 1. The zero-order valence-electron chi connectivity index (χ0n) is 18.0. The Morgan fingerprint density at radius 3 is 2.88 bits per heavy atom. The third-order valence-electron chi connectivity index (χ3n) is 5.65. The minimum absolute atomic E-state index is 0.162. The van der Waals surface area contributed by atoms with Crippen LogP contribution < -0.4 is 5.32 Å². The third kappa shape index (κ3) is 5.30. The number of nitrogens with one attached hydrogen (secondary N) is 1. The van der Waals surface area contributed by atoms with Gasteiger partial charge in [0.15, 0.2) is 5.17 Å². The number of benzene rings is 2. The van der Waals surface area contributed by atoms with Gasteiger partial charge in [0.1, 0.15) is 0 Å². The molecule has 2 aliphatic rings. The Balaban J connectivity index is 1.30. The second-order valence-corrected chi connectivity index (χ2v) is 9.36. The number of amidine groups is 1. The fraction of sp³-hybridized carbons (Fsp3) is 0.292. The lowest BCUT2D eigenvalue weighted by molar-refractivity contribution is -0.115. The maximum atomic E-state index is 12.5. The summed E-state index contributed by atoms with van der Waals surface area (Å²) in [6, 6.07) is 13.4. The van der Waals surface area contributed by atoms with Crippen molar-refractivity contribution < 1.29 is 9.53 Å². The summed E-state index contributed by atoms with van der Waals surface area (Å²) in [5, 5.41) is 3.89. The second-order valence-electron chi connectivity index (χ2n) is 7.93. The molecular weight excluding hydrogens is 458 g/mol. The zero-order valence-corrected chi connectivity index (χ0v) is 19.6. The van der Waals surface area contributed by atoms with E-state index in [1.54, 1.807) is 6.07 Å². The molecule has 3 aromatic rings. The summed E-state index contributed by atoms with van der Waals surface area (Å²) in [5.74, 6) is -0.162. The molecule has 0 bridgehead atoms. The number of nitrogens with zero attached hydrogens (tertiary/aromatic N) is 4. The van der Waals surface area contributed by atoms with Crippen LogP contribution in [0, 0.1) is 0 Å². The SMILES string of the molecule is O=C1NC(=Nc2ccccc2Cl)SC1=Cc1ccc2ncn(CCCN3CCOCC3)c2c1. The lowest BCUT2D eigenvalue weighted by Crippen LogP contribution is -2.37. The van der Waals surface area contributed by atoms with E-state index >= 15 is 0 Å². The van der Waals surface area contributed by atoms with Crippen LogP contribution in [0.4, 0.5) is 5.69 Å². The van der Waals surface area contributed by atoms with Crippen molar-refractivity contribution in [3.63, 3.8) is 0 Å². The standard InChI is InChI=1S/C24H24ClN5O2S/c25-18-4-1-2-5-19(18)27-24-28-23(31)22(33-24)15-17-6-7-20-21(14-17)30(16-26-20)9-3-8-29-10-12-32-13-11-29/h1-2,4-7,14-16H,3,8-13H2,(H,27,28,31). The first-order valence-electron chi connectivity index (χ1n) is 10.9. The highest BCUT2D eigenvalue weighted by Crippen LogP contribution is 2.31. The Labute approximate surface area is 201 Å². The molecule has 0 unspecified atom stereocenters. The Morgan fingerprint density at radius 1 is 1.18 bits per heavy atom. The summed E-state index contributed by atoms with van der Waals surface area (Å²) in [4.78, 5) is 24.5. The lowest BCUT2D eigenvalue weighted by Gasteiger charge is -2.26. The summed E-state index contributed by atoms with van der Waals surface area (Å²) in [6.45, 7) is 5.60. The number of imidazole rings is 1. The molecule has 9 heteroatoms. The highest BCUT2D eigenvalue weighted by Gasteiger charge is 2.24. The Morgan fingerprint density at radius 2 is 2.03 bits per heavy atom. The Hall–Kier alpha value is -2.65. The third-order valence-corrected chi connectivity index (χ3v) is 6.87. The first-order valence-corrected chi connectivity index (χ1v) is 12.1. The number of aryl methyl sites for hydroxylation is 1. The highest BCUT2D eigenvalue weighted by molar-refractivity contribution is 8.18. The largest absolute Gasteiger partial charge is 0.379 e. The van der Waals surface area contributed by atoms with E-state index in [2.05, 4.69) is 30.8 Å². The molecule has 1 aromatic heterocycles. The minimum Gasteiger partial charge on any atom is -0.379 e. The van der Waals surface area contributed by atoms with Gasteiger partial charge in [-0.2, -0.15) is 0 Å². The lowest BCUT2D eigenvalue weighted by atomic mass is 10.2. The smallest absolute Gasteiger partial charge is 0.264 e. The fourth-order valence-corrected chi connectivity index (χ4v) is 4.93. The normalized spacial score (nSPS) is 19.6. The van der Waals surface area contributed by atoms with Crippen molar-refractivity contribution in [3.8, 4) is 0 Å². The molecule has 7 nitrogen and oxygen atoms in total. The molecule has 2 saturated heterocycles. The second kappa shape index (κ2) is 10.1. The number of fused-ring (bicyclic) bond motifs is 1. The molecule has 5 rings (SSSR count). The first kappa shape index (κ1) is 22.2. The molecule has 0 atom stereocenters. The predicted octanol–water partition coefficient (Wildman–Crippen LogP) is 4.30. The summed E-state index contributed by atoms with van der Waals surface area (Å²) in [6.07, 6.45) is 4.84. The molecule has 2 aromatic carbocycles. The van der Waals surface area contributed by atoms with Crippen molar-refractivity contribution in [2.45, 2.75) is 13.0 Å². The van der Waals surface area contributed by atoms with Gasteiger partial charge in [-0.25, -0.2) is 9.98 Å². The van der Waals surface area contributed by atoms with E-state index < -0.39 is 0 Å². The van der Waals surface area contributed by atoms with Gasteiger partial charge < -0.3 is 14.6 Å². The molecule has 2 aliphatic heterocycles. The number of aromatic nitrogens is 2. The van der Waals surface area contributed by atoms with E-state index in [0.29, 0.717) is 20.8 Å². The highest BCUT2D eigenvalue weighted by atomic mass is 35.5. The van der Waals surface area contributed by atoms with Crippen LogP contribution in [0.2, 0.25) is 5.02 Å². The maximum Gasteiger partial charge on any atom is 0.264 e. The van der Waals surface area contributed by atoms with Gasteiger partial charge in [-0.3, -0.25) is 9.69 Å². The van der Waals surface area contributed by atoms with E-state index in [1.165, 1.54) is 11.8 Å². The van der Waals surface area contributed by atoms with Gasteiger partial charge in [0.25, 0.3) is 5.91 Å². The van der Waals surface area contributed by atoms with Gasteiger partial charge in [0.2, 0.25) is 0 Å². The number of aliphatic imine (C=N–C) groups is 1. The predicted molar refractivity (Wildman–Crippen MR) is 134 cm³/mol. The molecular formula is C24H24ClN5O2S. The van der Waals surface area contributed by atoms with Gasteiger partial charge in [0, 0.05) is 26.2 Å². The number of rotatable bonds is 6. The summed E-state index contributed by atoms with van der Waals surface area (Å²) >= 11 is 7.50. The summed E-state index contributed by atoms with van der Waals surface area (Å²) < 4.78 is 7.61. The zero-order chi connectivity index (χ0) is 22.6. The number of hydrogen-bond donors (Lipinski definition) is 1. The molecule has 170 valence electrons. The Bertz CT molecular complexity index is 1230. The van der Waals surface area contributed by atoms with Crippen LogP contribution in [0.25, 0.3) is 17.1 Å². The van der Waals surface area contributed by atoms with Crippen molar-refractivity contribution in [3.05, 3.63) is 64.3 Å². The molecule has 3 heterocycles. The van der Waals surface area contributed by atoms with Crippen molar-refractivity contribution in [1.82, 2.24) is 19.8 Å². The van der Waals surface area contributed by atoms with Gasteiger partial charge in [0.05, 0.1) is 46.2 Å². The monoisotopic (exact) mass is 481 g/mol. The number of carbonyl (C=O) groups is 1. The van der Waals surface area contributed by atoms with Crippen molar-refractivity contribution in [2.24, 2.45) is 4.99 Å².